The van der Waals surface area contributed by atoms with E-state index in [1.807, 2.05) is 69.9 Å². The van der Waals surface area contributed by atoms with E-state index in [2.05, 4.69) is 32.2 Å². The van der Waals surface area contributed by atoms with Crippen LogP contribution in [0.15, 0.2) is 77.8 Å². The van der Waals surface area contributed by atoms with E-state index >= 15 is 0 Å². The van der Waals surface area contributed by atoms with Gasteiger partial charge in [0, 0.05) is 35.2 Å². The molecule has 2 aromatic carbocycles. The highest BCUT2D eigenvalue weighted by Gasteiger charge is 2.12. The monoisotopic (exact) mass is 480 g/mol. The van der Waals surface area contributed by atoms with Crippen LogP contribution in [0, 0.1) is 11.8 Å². The van der Waals surface area contributed by atoms with Gasteiger partial charge in [-0.25, -0.2) is 4.98 Å². The molecule has 36 heavy (non-hydrogen) atoms. The second kappa shape index (κ2) is 10.4. The Morgan fingerprint density at radius 3 is 2.39 bits per heavy atom. The van der Waals surface area contributed by atoms with Gasteiger partial charge in [-0.05, 0) is 48.9 Å². The van der Waals surface area contributed by atoms with Crippen molar-refractivity contribution in [2.45, 2.75) is 32.7 Å². The normalized spacial score (nSPS) is 11.8. The first-order chi connectivity index (χ1) is 17.6. The van der Waals surface area contributed by atoms with Crippen molar-refractivity contribution in [2.24, 2.45) is 0 Å². The van der Waals surface area contributed by atoms with Crippen LogP contribution >= 0.6 is 0 Å². The zero-order valence-electron chi connectivity index (χ0n) is 19.6. The van der Waals surface area contributed by atoms with Crippen LogP contribution in [0.3, 0.4) is 0 Å². The lowest BCUT2D eigenvalue weighted by Gasteiger charge is -2.07. The Morgan fingerprint density at radius 1 is 0.972 bits per heavy atom. The van der Waals surface area contributed by atoms with Gasteiger partial charge in [0.25, 0.3) is 0 Å². The van der Waals surface area contributed by atoms with E-state index in [1.54, 1.807) is 19.4 Å². The van der Waals surface area contributed by atoms with Gasteiger partial charge in [-0.3, -0.25) is 0 Å². The Morgan fingerprint density at radius 2 is 1.69 bits per heavy atom. The van der Waals surface area contributed by atoms with Crippen LogP contribution < -0.4 is 0 Å². The Labute approximate surface area is 207 Å². The van der Waals surface area contributed by atoms with Gasteiger partial charge in [-0.1, -0.05) is 29.1 Å². The average molecular weight is 481 g/mol. The van der Waals surface area contributed by atoms with Crippen molar-refractivity contribution in [3.63, 3.8) is 0 Å². The Kier molecular flexibility index (Phi) is 6.71. The van der Waals surface area contributed by atoms with E-state index in [0.29, 0.717) is 30.5 Å². The lowest BCUT2D eigenvalue weighted by Crippen LogP contribution is -2.07. The Hall–Kier alpha value is -4.52. The summed E-state index contributed by atoms with van der Waals surface area (Å²) in [5.41, 5.74) is 4.51. The predicted octanol–water partition coefficient (Wildman–Crippen LogP) is 3.17. The number of imidazole rings is 1. The summed E-state index contributed by atoms with van der Waals surface area (Å²) in [6.45, 7) is 2.59. The quantitative estimate of drug-likeness (QED) is 0.344. The second-order valence-electron chi connectivity index (χ2n) is 8.33. The Balaban J connectivity index is 1.22. The number of hydrogen-bond acceptors (Lipinski definition) is 7. The van der Waals surface area contributed by atoms with Crippen molar-refractivity contribution in [1.29, 1.82) is 0 Å². The molecule has 1 atom stereocenters. The van der Waals surface area contributed by atoms with Gasteiger partial charge in [0.15, 0.2) is 11.6 Å². The molecule has 2 N–H and O–H groups in total. The molecule has 0 aliphatic heterocycles. The fourth-order valence-corrected chi connectivity index (χ4v) is 3.80. The molecule has 3 heterocycles. The van der Waals surface area contributed by atoms with E-state index in [-0.39, 0.29) is 6.61 Å². The fourth-order valence-electron chi connectivity index (χ4n) is 3.80. The standard InChI is InChI=1S/C27H24N6O3/c1-19(35)27-28-12-13-32(27)16-24-14-25(36-31-24)23-10-8-21(9-11-23)3-2-20-4-6-22(7-5-20)15-33-18-29-30-26(33)17-34/h4-14,18-19,34-35H,15-17H2,1H3/t19-/m0/s1. The van der Waals surface area contributed by atoms with Crippen molar-refractivity contribution in [3.05, 3.63) is 107 Å². The van der Waals surface area contributed by atoms with Crippen LogP contribution in [0.5, 0.6) is 0 Å². The smallest absolute Gasteiger partial charge is 0.167 e. The molecule has 0 bridgehead atoms. The molecule has 0 unspecified atom stereocenters. The van der Waals surface area contributed by atoms with Gasteiger partial charge in [0.2, 0.25) is 0 Å². The first-order valence-electron chi connectivity index (χ1n) is 11.4. The van der Waals surface area contributed by atoms with Crippen molar-refractivity contribution in [3.8, 4) is 23.2 Å². The summed E-state index contributed by atoms with van der Waals surface area (Å²) in [6.07, 6.45) is 4.42. The number of rotatable bonds is 7. The highest BCUT2D eigenvalue weighted by atomic mass is 16.5. The van der Waals surface area contributed by atoms with E-state index in [0.717, 1.165) is 27.9 Å². The van der Waals surface area contributed by atoms with Crippen LogP contribution in [-0.2, 0) is 19.7 Å². The molecule has 180 valence electrons. The third kappa shape index (κ3) is 5.25. The van der Waals surface area contributed by atoms with Crippen LogP contribution in [-0.4, -0.2) is 39.7 Å². The minimum atomic E-state index is -0.655. The lowest BCUT2D eigenvalue weighted by atomic mass is 10.1. The average Bonchev–Trinajstić information content (AvgIpc) is 3.65. The van der Waals surface area contributed by atoms with Gasteiger partial charge in [-0.2, -0.15) is 0 Å². The predicted molar refractivity (Wildman–Crippen MR) is 131 cm³/mol. The third-order valence-corrected chi connectivity index (χ3v) is 5.68. The maximum absolute atomic E-state index is 9.82. The van der Waals surface area contributed by atoms with Crippen LogP contribution in [0.1, 0.15) is 47.1 Å². The Bertz CT molecular complexity index is 1500. The summed E-state index contributed by atoms with van der Waals surface area (Å²) >= 11 is 0. The number of aliphatic hydroxyl groups excluding tert-OH is 2. The van der Waals surface area contributed by atoms with Gasteiger partial charge in [0.05, 0.1) is 13.1 Å². The lowest BCUT2D eigenvalue weighted by molar-refractivity contribution is 0.184. The first kappa shape index (κ1) is 23.2. The van der Waals surface area contributed by atoms with Crippen molar-refractivity contribution >= 4 is 0 Å². The van der Waals surface area contributed by atoms with E-state index in [9.17, 15) is 10.2 Å². The molecule has 0 saturated heterocycles. The molecule has 5 aromatic rings. The molecule has 0 fully saturated rings. The number of nitrogens with zero attached hydrogens (tertiary/aromatic N) is 6. The van der Waals surface area contributed by atoms with Crippen LogP contribution in [0.4, 0.5) is 0 Å². The molecule has 0 saturated carbocycles. The van der Waals surface area contributed by atoms with Crippen molar-refractivity contribution in [1.82, 2.24) is 29.5 Å². The summed E-state index contributed by atoms with van der Waals surface area (Å²) in [6, 6.07) is 17.6. The molecular weight excluding hydrogens is 456 g/mol. The SMILES string of the molecule is C[C@H](O)c1nccn1Cc1cc(-c2ccc(C#Cc3ccc(Cn4cnnc4CO)cc3)cc2)on1. The van der Waals surface area contributed by atoms with E-state index < -0.39 is 6.10 Å². The van der Waals surface area contributed by atoms with Crippen LogP contribution in [0.2, 0.25) is 0 Å². The molecular formula is C27H24N6O3. The van der Waals surface area contributed by atoms with E-state index in [4.69, 9.17) is 4.52 Å². The minimum Gasteiger partial charge on any atom is -0.388 e. The maximum atomic E-state index is 9.82. The molecule has 5 rings (SSSR count). The number of aromatic nitrogens is 6. The summed E-state index contributed by atoms with van der Waals surface area (Å²) in [4.78, 5) is 4.18. The summed E-state index contributed by atoms with van der Waals surface area (Å²) in [5.74, 6) is 8.16. The summed E-state index contributed by atoms with van der Waals surface area (Å²) in [5, 5.41) is 31.0. The second-order valence-corrected chi connectivity index (χ2v) is 8.33. The van der Waals surface area contributed by atoms with Gasteiger partial charge in [0.1, 0.15) is 30.6 Å². The summed E-state index contributed by atoms with van der Waals surface area (Å²) < 4.78 is 9.18. The molecule has 0 aliphatic carbocycles. The number of aliphatic hydroxyl groups is 2. The molecule has 0 radical (unpaired) electrons. The molecule has 9 heteroatoms. The van der Waals surface area contributed by atoms with E-state index in [1.165, 1.54) is 0 Å². The molecule has 0 amide bonds. The molecule has 3 aromatic heterocycles. The fraction of sp³-hybridized carbons (Fsp3) is 0.185. The highest BCUT2D eigenvalue weighted by molar-refractivity contribution is 5.59. The van der Waals surface area contributed by atoms with Gasteiger partial charge >= 0.3 is 0 Å². The molecule has 0 aliphatic rings. The highest BCUT2D eigenvalue weighted by Crippen LogP contribution is 2.22. The minimum absolute atomic E-state index is 0.143. The molecule has 9 nitrogen and oxygen atoms in total. The first-order valence-corrected chi connectivity index (χ1v) is 11.4. The van der Waals surface area contributed by atoms with Gasteiger partial charge in [-0.15, -0.1) is 10.2 Å². The summed E-state index contributed by atoms with van der Waals surface area (Å²) in [7, 11) is 0. The topological polar surface area (TPSA) is 115 Å². The zero-order chi connectivity index (χ0) is 24.9. The van der Waals surface area contributed by atoms with Gasteiger partial charge < -0.3 is 23.9 Å². The largest absolute Gasteiger partial charge is 0.388 e. The van der Waals surface area contributed by atoms with Crippen LogP contribution in [0.25, 0.3) is 11.3 Å². The maximum Gasteiger partial charge on any atom is 0.167 e. The van der Waals surface area contributed by atoms with Crippen molar-refractivity contribution in [2.75, 3.05) is 0 Å². The zero-order valence-corrected chi connectivity index (χ0v) is 19.6. The third-order valence-electron chi connectivity index (χ3n) is 5.68. The van der Waals surface area contributed by atoms with Crippen molar-refractivity contribution < 1.29 is 14.7 Å². The number of benzene rings is 2. The molecule has 0 spiro atoms. The number of hydrogen-bond donors (Lipinski definition) is 2.